The fraction of sp³-hybridized carbons (Fsp3) is 0.318. The number of hydrogen-bond donors (Lipinski definition) is 1. The van der Waals surface area contributed by atoms with Gasteiger partial charge in [-0.25, -0.2) is 0 Å². The molecule has 2 amide bonds. The van der Waals surface area contributed by atoms with E-state index in [0.29, 0.717) is 13.1 Å². The highest BCUT2D eigenvalue weighted by molar-refractivity contribution is 5.88. The lowest BCUT2D eigenvalue weighted by molar-refractivity contribution is -0.152. The van der Waals surface area contributed by atoms with Crippen LogP contribution in [0.3, 0.4) is 0 Å². The van der Waals surface area contributed by atoms with Crippen LogP contribution in [0.25, 0.3) is 0 Å². The third-order valence-electron chi connectivity index (χ3n) is 4.79. The van der Waals surface area contributed by atoms with Crippen molar-refractivity contribution in [1.29, 1.82) is 0 Å². The molecule has 1 aliphatic rings. The summed E-state index contributed by atoms with van der Waals surface area (Å²) >= 11 is 0. The van der Waals surface area contributed by atoms with Crippen LogP contribution < -0.4 is 5.32 Å². The highest BCUT2D eigenvalue weighted by Crippen LogP contribution is 2.21. The number of carbonyl (C=O) groups excluding carboxylic acids is 3. The molecule has 2 aromatic carbocycles. The van der Waals surface area contributed by atoms with E-state index in [0.717, 1.165) is 11.1 Å². The fourth-order valence-electron chi connectivity index (χ4n) is 3.25. The van der Waals surface area contributed by atoms with Crippen molar-refractivity contribution >= 4 is 17.8 Å². The van der Waals surface area contributed by atoms with Crippen LogP contribution in [0.2, 0.25) is 0 Å². The van der Waals surface area contributed by atoms with Crippen molar-refractivity contribution in [3.63, 3.8) is 0 Å². The van der Waals surface area contributed by atoms with Crippen LogP contribution in [-0.2, 0) is 25.7 Å². The van der Waals surface area contributed by atoms with E-state index in [1.54, 1.807) is 4.90 Å². The molecule has 2 atom stereocenters. The van der Waals surface area contributed by atoms with Crippen LogP contribution in [0.1, 0.15) is 30.5 Å². The molecule has 28 heavy (non-hydrogen) atoms. The van der Waals surface area contributed by atoms with Gasteiger partial charge in [0, 0.05) is 19.5 Å². The predicted octanol–water partition coefficient (Wildman–Crippen LogP) is 2.46. The van der Waals surface area contributed by atoms with Gasteiger partial charge in [0.05, 0.1) is 12.0 Å². The molecule has 1 saturated heterocycles. The minimum absolute atomic E-state index is 0.0760. The minimum atomic E-state index is -0.532. The molecule has 0 unspecified atom stereocenters. The largest absolute Gasteiger partial charge is 0.455 e. The second-order valence-electron chi connectivity index (χ2n) is 6.97. The van der Waals surface area contributed by atoms with E-state index in [2.05, 4.69) is 5.32 Å². The van der Waals surface area contributed by atoms with Crippen LogP contribution in [0, 0.1) is 5.92 Å². The maximum atomic E-state index is 12.3. The number of ether oxygens (including phenoxy) is 1. The van der Waals surface area contributed by atoms with Crippen molar-refractivity contribution in [2.75, 3.05) is 13.2 Å². The Kier molecular flexibility index (Phi) is 6.42. The lowest BCUT2D eigenvalue weighted by Gasteiger charge is -2.17. The summed E-state index contributed by atoms with van der Waals surface area (Å²) in [7, 11) is 0. The summed E-state index contributed by atoms with van der Waals surface area (Å²) in [5.41, 5.74) is 1.99. The first kappa shape index (κ1) is 19.6. The van der Waals surface area contributed by atoms with E-state index in [1.165, 1.54) is 0 Å². The summed E-state index contributed by atoms with van der Waals surface area (Å²) in [4.78, 5) is 38.1. The molecule has 0 saturated carbocycles. The van der Waals surface area contributed by atoms with Gasteiger partial charge >= 0.3 is 5.97 Å². The predicted molar refractivity (Wildman–Crippen MR) is 104 cm³/mol. The summed E-state index contributed by atoms with van der Waals surface area (Å²) in [6.07, 6.45) is 0.119. The first-order valence-corrected chi connectivity index (χ1v) is 9.35. The molecule has 146 valence electrons. The Balaban J connectivity index is 1.44. The summed E-state index contributed by atoms with van der Waals surface area (Å²) in [6.45, 7) is 2.30. The van der Waals surface area contributed by atoms with Gasteiger partial charge in [-0.3, -0.25) is 14.4 Å². The van der Waals surface area contributed by atoms with Crippen molar-refractivity contribution in [2.24, 2.45) is 5.92 Å². The van der Waals surface area contributed by atoms with E-state index in [1.807, 2.05) is 67.6 Å². The number of carbonyl (C=O) groups is 3. The van der Waals surface area contributed by atoms with Crippen LogP contribution in [0.5, 0.6) is 0 Å². The van der Waals surface area contributed by atoms with Crippen molar-refractivity contribution in [3.05, 3.63) is 71.8 Å². The third-order valence-corrected chi connectivity index (χ3v) is 4.79. The van der Waals surface area contributed by atoms with E-state index in [9.17, 15) is 14.4 Å². The molecule has 1 aliphatic heterocycles. The number of hydrogen-bond acceptors (Lipinski definition) is 4. The molecule has 0 bridgehead atoms. The first-order valence-electron chi connectivity index (χ1n) is 9.35. The Morgan fingerprint density at radius 3 is 2.43 bits per heavy atom. The first-order chi connectivity index (χ1) is 13.5. The summed E-state index contributed by atoms with van der Waals surface area (Å²) in [6, 6.07) is 19.0. The molecule has 1 N–H and O–H groups in total. The molecule has 0 aliphatic carbocycles. The molecule has 1 fully saturated rings. The SMILES string of the molecule is C[C@@H](NC(=O)COC(=O)[C@@H]1CC(=O)N(Cc2ccccc2)C1)c1ccccc1. The molecule has 3 rings (SSSR count). The van der Waals surface area contributed by atoms with E-state index < -0.39 is 11.9 Å². The number of rotatable bonds is 7. The fourth-order valence-corrected chi connectivity index (χ4v) is 3.25. The molecular weight excluding hydrogens is 356 g/mol. The number of nitrogens with zero attached hydrogens (tertiary/aromatic N) is 1. The maximum Gasteiger partial charge on any atom is 0.311 e. The molecule has 0 aromatic heterocycles. The highest BCUT2D eigenvalue weighted by atomic mass is 16.5. The monoisotopic (exact) mass is 380 g/mol. The van der Waals surface area contributed by atoms with Crippen LogP contribution >= 0.6 is 0 Å². The maximum absolute atomic E-state index is 12.3. The van der Waals surface area contributed by atoms with Crippen molar-refractivity contribution in [2.45, 2.75) is 25.9 Å². The Morgan fingerprint density at radius 1 is 1.11 bits per heavy atom. The summed E-state index contributed by atoms with van der Waals surface area (Å²) < 4.78 is 5.14. The Hall–Kier alpha value is -3.15. The minimum Gasteiger partial charge on any atom is -0.455 e. The van der Waals surface area contributed by atoms with Crippen molar-refractivity contribution in [1.82, 2.24) is 10.2 Å². The highest BCUT2D eigenvalue weighted by Gasteiger charge is 2.35. The average molecular weight is 380 g/mol. The number of amides is 2. The van der Waals surface area contributed by atoms with E-state index in [4.69, 9.17) is 4.74 Å². The van der Waals surface area contributed by atoms with Gasteiger partial charge in [0.15, 0.2) is 6.61 Å². The molecule has 2 aromatic rings. The molecule has 0 radical (unpaired) electrons. The number of benzene rings is 2. The van der Waals surface area contributed by atoms with Crippen molar-refractivity contribution < 1.29 is 19.1 Å². The van der Waals surface area contributed by atoms with Crippen molar-refractivity contribution in [3.8, 4) is 0 Å². The third kappa shape index (κ3) is 5.19. The Morgan fingerprint density at radius 2 is 1.75 bits per heavy atom. The van der Waals surface area contributed by atoms with Gasteiger partial charge in [0.1, 0.15) is 0 Å². The Labute approximate surface area is 164 Å². The standard InChI is InChI=1S/C22H24N2O4/c1-16(18-10-6-3-7-11-18)23-20(25)15-28-22(27)19-12-21(26)24(14-19)13-17-8-4-2-5-9-17/h2-11,16,19H,12-15H2,1H3,(H,23,25)/t16-,19-/m1/s1. The molecular formula is C22H24N2O4. The van der Waals surface area contributed by atoms with Gasteiger partial charge in [-0.1, -0.05) is 60.7 Å². The number of nitrogens with one attached hydrogen (secondary N) is 1. The molecule has 6 nitrogen and oxygen atoms in total. The van der Waals surface area contributed by atoms with E-state index in [-0.39, 0.29) is 30.9 Å². The van der Waals surface area contributed by atoms with Crippen LogP contribution in [-0.4, -0.2) is 35.8 Å². The second kappa shape index (κ2) is 9.17. The Bertz CT molecular complexity index is 823. The molecule has 0 spiro atoms. The normalized spacial score (nSPS) is 17.2. The van der Waals surface area contributed by atoms with Gasteiger partial charge in [-0.2, -0.15) is 0 Å². The van der Waals surface area contributed by atoms with Crippen LogP contribution in [0.15, 0.2) is 60.7 Å². The van der Waals surface area contributed by atoms with E-state index >= 15 is 0 Å². The lowest BCUT2D eigenvalue weighted by Crippen LogP contribution is -2.32. The number of esters is 1. The van der Waals surface area contributed by atoms with Gasteiger partial charge in [-0.05, 0) is 18.1 Å². The average Bonchev–Trinajstić information content (AvgIpc) is 3.08. The van der Waals surface area contributed by atoms with Gasteiger partial charge in [0.25, 0.3) is 5.91 Å². The topological polar surface area (TPSA) is 75.7 Å². The summed E-state index contributed by atoms with van der Waals surface area (Å²) in [5.74, 6) is -1.48. The van der Waals surface area contributed by atoms with Gasteiger partial charge in [-0.15, -0.1) is 0 Å². The number of likely N-dealkylation sites (tertiary alicyclic amines) is 1. The van der Waals surface area contributed by atoms with Gasteiger partial charge in [0.2, 0.25) is 5.91 Å². The second-order valence-corrected chi connectivity index (χ2v) is 6.97. The zero-order valence-electron chi connectivity index (χ0n) is 15.8. The quantitative estimate of drug-likeness (QED) is 0.749. The lowest BCUT2D eigenvalue weighted by atomic mass is 10.1. The smallest absolute Gasteiger partial charge is 0.311 e. The molecule has 1 heterocycles. The summed E-state index contributed by atoms with van der Waals surface area (Å²) in [5, 5.41) is 2.80. The van der Waals surface area contributed by atoms with Gasteiger partial charge < -0.3 is 15.0 Å². The molecule has 6 heteroatoms. The zero-order chi connectivity index (χ0) is 19.9. The zero-order valence-corrected chi connectivity index (χ0v) is 15.8. The van der Waals surface area contributed by atoms with Crippen LogP contribution in [0.4, 0.5) is 0 Å².